The number of methoxy groups -OCH3 is 1. The van der Waals surface area contributed by atoms with Gasteiger partial charge in [0.25, 0.3) is 10.0 Å². The Bertz CT molecular complexity index is 1030. The molecule has 0 heterocycles. The summed E-state index contributed by atoms with van der Waals surface area (Å²) in [6.07, 6.45) is 7.67. The van der Waals surface area contributed by atoms with Crippen LogP contribution in [0.25, 0.3) is 0 Å². The second kappa shape index (κ2) is 10.9. The molecule has 174 valence electrons. The molecule has 1 aliphatic carbocycles. The van der Waals surface area contributed by atoms with E-state index in [1.54, 1.807) is 36.4 Å². The Hall–Kier alpha value is -2.54. The van der Waals surface area contributed by atoms with Crippen LogP contribution in [0.3, 0.4) is 0 Å². The second-order valence-corrected chi connectivity index (χ2v) is 10.4. The number of sulfonamides is 1. The summed E-state index contributed by atoms with van der Waals surface area (Å²) in [5.41, 5.74) is 2.17. The quantitative estimate of drug-likeness (QED) is 0.650. The molecule has 1 saturated carbocycles. The number of carbonyl (C=O) groups is 1. The first-order valence-corrected chi connectivity index (χ1v) is 12.8. The molecule has 3 rings (SSSR count). The Labute approximate surface area is 192 Å². The lowest BCUT2D eigenvalue weighted by molar-refractivity contribution is -0.120. The number of anilines is 1. The number of amides is 1. The largest absolute Gasteiger partial charge is 0.495 e. The van der Waals surface area contributed by atoms with Crippen LogP contribution in [0, 0.1) is 13.8 Å². The molecule has 0 aromatic heterocycles. The van der Waals surface area contributed by atoms with Crippen LogP contribution < -0.4 is 14.4 Å². The number of benzene rings is 2. The van der Waals surface area contributed by atoms with Crippen molar-refractivity contribution in [2.24, 2.45) is 0 Å². The van der Waals surface area contributed by atoms with Gasteiger partial charge in [0.2, 0.25) is 5.91 Å². The van der Waals surface area contributed by atoms with Gasteiger partial charge in [-0.15, -0.1) is 0 Å². The van der Waals surface area contributed by atoms with Crippen LogP contribution in [0.15, 0.2) is 47.4 Å². The van der Waals surface area contributed by atoms with Crippen molar-refractivity contribution in [1.82, 2.24) is 5.32 Å². The lowest BCUT2D eigenvalue weighted by Crippen LogP contribution is -2.44. The number of nitrogens with one attached hydrogen (secondary N) is 1. The fourth-order valence-corrected chi connectivity index (χ4v) is 5.86. The Morgan fingerprint density at radius 2 is 1.66 bits per heavy atom. The van der Waals surface area contributed by atoms with Crippen molar-refractivity contribution in [3.8, 4) is 5.75 Å². The lowest BCUT2D eigenvalue weighted by atomic mass is 9.97. The average molecular weight is 459 g/mol. The molecule has 2 aromatic carbocycles. The molecule has 1 aliphatic rings. The summed E-state index contributed by atoms with van der Waals surface area (Å²) in [6.45, 7) is 3.45. The standard InChI is InChI=1S/C25H34N2O4S/c1-19-10-9-13-22(16-19)27(18-25(28)26-21-11-7-5-4-6-8-12-21)32(29,30)24-17-20(2)14-15-23(24)31-3/h9-10,13-17,21H,4-8,11-12,18H2,1-3H3,(H,26,28). The van der Waals surface area contributed by atoms with Gasteiger partial charge in [0.15, 0.2) is 0 Å². The van der Waals surface area contributed by atoms with Crippen LogP contribution >= 0.6 is 0 Å². The topological polar surface area (TPSA) is 75.7 Å². The minimum atomic E-state index is -4.04. The number of ether oxygens (including phenoxy) is 1. The molecule has 0 bridgehead atoms. The van der Waals surface area contributed by atoms with E-state index in [1.807, 2.05) is 19.9 Å². The summed E-state index contributed by atoms with van der Waals surface area (Å²) in [6, 6.07) is 12.3. The van der Waals surface area contributed by atoms with E-state index in [4.69, 9.17) is 4.74 Å². The van der Waals surface area contributed by atoms with Crippen molar-refractivity contribution in [1.29, 1.82) is 0 Å². The number of hydrogen-bond acceptors (Lipinski definition) is 4. The van der Waals surface area contributed by atoms with Gasteiger partial charge in [0.1, 0.15) is 17.2 Å². The summed E-state index contributed by atoms with van der Waals surface area (Å²) in [4.78, 5) is 13.1. The monoisotopic (exact) mass is 458 g/mol. The normalized spacial score (nSPS) is 15.5. The Kier molecular flexibility index (Phi) is 8.18. The third-order valence-corrected chi connectivity index (χ3v) is 7.73. The first-order valence-electron chi connectivity index (χ1n) is 11.3. The molecule has 0 spiro atoms. The SMILES string of the molecule is COc1ccc(C)cc1S(=O)(=O)N(CC(=O)NC1CCCCCCC1)c1cccc(C)c1. The van der Waals surface area contributed by atoms with Crippen molar-refractivity contribution in [2.45, 2.75) is 69.7 Å². The van der Waals surface area contributed by atoms with Gasteiger partial charge < -0.3 is 10.1 Å². The first kappa shape index (κ1) is 24.1. The Morgan fingerprint density at radius 3 is 2.31 bits per heavy atom. The zero-order valence-electron chi connectivity index (χ0n) is 19.3. The lowest BCUT2D eigenvalue weighted by Gasteiger charge is -2.27. The van der Waals surface area contributed by atoms with Crippen molar-refractivity contribution in [3.63, 3.8) is 0 Å². The van der Waals surface area contributed by atoms with E-state index in [1.165, 1.54) is 30.7 Å². The van der Waals surface area contributed by atoms with Gasteiger partial charge in [-0.2, -0.15) is 0 Å². The molecule has 6 nitrogen and oxygen atoms in total. The summed E-state index contributed by atoms with van der Waals surface area (Å²) < 4.78 is 34.1. The number of carbonyl (C=O) groups excluding carboxylic acids is 1. The highest BCUT2D eigenvalue weighted by atomic mass is 32.2. The predicted octanol–water partition coefficient (Wildman–Crippen LogP) is 4.74. The van der Waals surface area contributed by atoms with Crippen LogP contribution in [0.5, 0.6) is 5.75 Å². The van der Waals surface area contributed by atoms with E-state index in [9.17, 15) is 13.2 Å². The predicted molar refractivity (Wildman–Crippen MR) is 128 cm³/mol. The number of nitrogens with zero attached hydrogens (tertiary/aromatic N) is 1. The third kappa shape index (κ3) is 6.03. The van der Waals surface area contributed by atoms with Crippen LogP contribution in [0.2, 0.25) is 0 Å². The van der Waals surface area contributed by atoms with E-state index >= 15 is 0 Å². The fraction of sp³-hybridized carbons (Fsp3) is 0.480. The van der Waals surface area contributed by atoms with Crippen molar-refractivity contribution in [3.05, 3.63) is 53.6 Å². The van der Waals surface area contributed by atoms with Gasteiger partial charge in [-0.1, -0.05) is 50.3 Å². The third-order valence-electron chi connectivity index (χ3n) is 5.93. The van der Waals surface area contributed by atoms with Crippen molar-refractivity contribution >= 4 is 21.6 Å². The fourth-order valence-electron chi connectivity index (χ4n) is 4.21. The molecule has 0 atom stereocenters. The van der Waals surface area contributed by atoms with E-state index < -0.39 is 10.0 Å². The maximum atomic E-state index is 13.8. The van der Waals surface area contributed by atoms with Crippen molar-refractivity contribution in [2.75, 3.05) is 18.0 Å². The minimum absolute atomic E-state index is 0.0558. The van der Waals surface area contributed by atoms with Gasteiger partial charge in [-0.05, 0) is 62.1 Å². The molecule has 0 radical (unpaired) electrons. The van der Waals surface area contributed by atoms with Gasteiger partial charge in [0, 0.05) is 6.04 Å². The zero-order chi connectivity index (χ0) is 23.1. The summed E-state index contributed by atoms with van der Waals surface area (Å²) in [5.74, 6) is -0.0269. The van der Waals surface area contributed by atoms with Gasteiger partial charge >= 0.3 is 0 Å². The molecule has 1 amide bonds. The second-order valence-electron chi connectivity index (χ2n) is 8.61. The van der Waals surface area contributed by atoms with E-state index in [0.717, 1.165) is 36.8 Å². The summed E-state index contributed by atoms with van der Waals surface area (Å²) in [5, 5.41) is 3.09. The van der Waals surface area contributed by atoms with Gasteiger partial charge in [0.05, 0.1) is 12.8 Å². The van der Waals surface area contributed by atoms with Crippen LogP contribution in [0.1, 0.15) is 56.1 Å². The van der Waals surface area contributed by atoms with Crippen molar-refractivity contribution < 1.29 is 17.9 Å². The maximum Gasteiger partial charge on any atom is 0.268 e. The summed E-state index contributed by atoms with van der Waals surface area (Å²) >= 11 is 0. The molecular formula is C25H34N2O4S. The molecule has 0 unspecified atom stereocenters. The average Bonchev–Trinajstić information content (AvgIpc) is 2.73. The van der Waals surface area contributed by atoms with E-state index in [-0.39, 0.29) is 29.1 Å². The minimum Gasteiger partial charge on any atom is -0.495 e. The smallest absolute Gasteiger partial charge is 0.268 e. The highest BCUT2D eigenvalue weighted by Gasteiger charge is 2.31. The molecule has 7 heteroatoms. The van der Waals surface area contributed by atoms with Crippen LogP contribution in [0.4, 0.5) is 5.69 Å². The molecule has 0 saturated heterocycles. The van der Waals surface area contributed by atoms with Crippen LogP contribution in [-0.4, -0.2) is 34.0 Å². The summed E-state index contributed by atoms with van der Waals surface area (Å²) in [7, 11) is -2.59. The van der Waals surface area contributed by atoms with Gasteiger partial charge in [-0.3, -0.25) is 9.10 Å². The Morgan fingerprint density at radius 1 is 1.00 bits per heavy atom. The van der Waals surface area contributed by atoms with E-state index in [0.29, 0.717) is 5.69 Å². The molecular weight excluding hydrogens is 424 g/mol. The maximum absolute atomic E-state index is 13.8. The molecule has 1 N–H and O–H groups in total. The Balaban J connectivity index is 1.92. The number of hydrogen-bond donors (Lipinski definition) is 1. The highest BCUT2D eigenvalue weighted by Crippen LogP contribution is 2.31. The highest BCUT2D eigenvalue weighted by molar-refractivity contribution is 7.93. The first-order chi connectivity index (χ1) is 15.3. The molecule has 1 fully saturated rings. The van der Waals surface area contributed by atoms with Crippen LogP contribution in [-0.2, 0) is 14.8 Å². The molecule has 0 aliphatic heterocycles. The zero-order valence-corrected chi connectivity index (χ0v) is 20.1. The molecule has 2 aromatic rings. The van der Waals surface area contributed by atoms with E-state index in [2.05, 4.69) is 5.32 Å². The van der Waals surface area contributed by atoms with Gasteiger partial charge in [-0.25, -0.2) is 8.42 Å². The number of rotatable bonds is 7. The molecule has 32 heavy (non-hydrogen) atoms. The number of aryl methyl sites for hydroxylation is 2.